The molecule has 0 spiro atoms. The molecule has 0 aliphatic carbocycles. The van der Waals surface area contributed by atoms with Gasteiger partial charge in [0.25, 0.3) is 5.91 Å². The molecule has 5 rings (SSSR count). The molecular formula is C22H19Cl3N8O. The summed E-state index contributed by atoms with van der Waals surface area (Å²) in [4.78, 5) is 13.4. The molecule has 1 fully saturated rings. The van der Waals surface area contributed by atoms with Crippen LogP contribution in [0.3, 0.4) is 0 Å². The molecule has 1 amide bonds. The first-order valence-corrected chi connectivity index (χ1v) is 11.7. The number of aromatic nitrogens is 6. The summed E-state index contributed by atoms with van der Waals surface area (Å²) in [6, 6.07) is 12.4. The van der Waals surface area contributed by atoms with Crippen molar-refractivity contribution in [2.45, 2.75) is 19.3 Å². The lowest BCUT2D eigenvalue weighted by Gasteiger charge is -2.15. The monoisotopic (exact) mass is 516 g/mol. The Morgan fingerprint density at radius 1 is 1.03 bits per heavy atom. The number of aromatic amines is 1. The molecule has 2 aromatic heterocycles. The summed E-state index contributed by atoms with van der Waals surface area (Å²) >= 11 is 18.8. The van der Waals surface area contributed by atoms with Crippen molar-refractivity contribution in [1.29, 1.82) is 0 Å². The number of carbonyl (C=O) groups excluding carboxylic acids is 1. The van der Waals surface area contributed by atoms with Gasteiger partial charge in [0.15, 0.2) is 11.5 Å². The van der Waals surface area contributed by atoms with Gasteiger partial charge < -0.3 is 0 Å². The zero-order chi connectivity index (χ0) is 23.7. The van der Waals surface area contributed by atoms with Crippen molar-refractivity contribution in [2.75, 3.05) is 13.1 Å². The van der Waals surface area contributed by atoms with E-state index in [2.05, 4.69) is 26.0 Å². The number of halogens is 3. The number of benzene rings is 2. The van der Waals surface area contributed by atoms with E-state index in [0.717, 1.165) is 31.5 Å². The summed E-state index contributed by atoms with van der Waals surface area (Å²) in [7, 11) is 0. The topological polar surface area (TPSA) is 105 Å². The average Bonchev–Trinajstić information content (AvgIpc) is 3.57. The second-order valence-electron chi connectivity index (χ2n) is 7.83. The van der Waals surface area contributed by atoms with E-state index in [9.17, 15) is 4.79 Å². The number of hydrogen-bond donors (Lipinski definition) is 2. The molecule has 0 atom stereocenters. The third-order valence-corrected chi connectivity index (χ3v) is 6.33. The fourth-order valence-corrected chi connectivity index (χ4v) is 4.59. The summed E-state index contributed by atoms with van der Waals surface area (Å²) in [5, 5.41) is 22.4. The van der Waals surface area contributed by atoms with Gasteiger partial charge in [-0.25, -0.2) is 9.69 Å². The van der Waals surface area contributed by atoms with Crippen LogP contribution in [0.25, 0.3) is 16.9 Å². The summed E-state index contributed by atoms with van der Waals surface area (Å²) in [5.74, 6) is 0.103. The normalized spacial score (nSPS) is 14.0. The molecule has 0 unspecified atom stereocenters. The van der Waals surface area contributed by atoms with Crippen LogP contribution in [-0.2, 0) is 6.42 Å². The molecule has 174 valence electrons. The Labute approximate surface area is 210 Å². The zero-order valence-electron chi connectivity index (χ0n) is 17.8. The highest BCUT2D eigenvalue weighted by Gasteiger charge is 2.28. The molecule has 2 N–H and O–H groups in total. The molecule has 2 aromatic carbocycles. The van der Waals surface area contributed by atoms with Crippen LogP contribution in [0.4, 0.5) is 0 Å². The third-order valence-electron chi connectivity index (χ3n) is 5.54. The van der Waals surface area contributed by atoms with Crippen LogP contribution in [0.2, 0.25) is 15.1 Å². The van der Waals surface area contributed by atoms with E-state index >= 15 is 0 Å². The smallest absolute Gasteiger partial charge is 0.283 e. The minimum Gasteiger partial charge on any atom is -0.283 e. The number of H-pyrrole nitrogens is 1. The molecule has 0 radical (unpaired) electrons. The predicted octanol–water partition coefficient (Wildman–Crippen LogP) is 4.34. The fourth-order valence-electron chi connectivity index (χ4n) is 3.97. The number of nitrogens with one attached hydrogen (secondary N) is 2. The van der Waals surface area contributed by atoms with Gasteiger partial charge in [-0.3, -0.25) is 10.2 Å². The van der Waals surface area contributed by atoms with Crippen LogP contribution in [0.15, 0.2) is 42.5 Å². The van der Waals surface area contributed by atoms with Crippen molar-refractivity contribution < 1.29 is 4.79 Å². The number of rotatable bonds is 6. The molecule has 1 aliphatic rings. The third kappa shape index (κ3) is 4.65. The van der Waals surface area contributed by atoms with Gasteiger partial charge >= 0.3 is 0 Å². The minimum atomic E-state index is -0.320. The zero-order valence-corrected chi connectivity index (χ0v) is 20.1. The highest BCUT2D eigenvalue weighted by Crippen LogP contribution is 2.34. The van der Waals surface area contributed by atoms with Gasteiger partial charge in [-0.1, -0.05) is 52.1 Å². The van der Waals surface area contributed by atoms with Gasteiger partial charge in [-0.15, -0.1) is 10.2 Å². The lowest BCUT2D eigenvalue weighted by atomic mass is 10.0. The number of carbonyl (C=O) groups is 1. The van der Waals surface area contributed by atoms with Crippen molar-refractivity contribution in [3.8, 4) is 16.9 Å². The van der Waals surface area contributed by atoms with Crippen molar-refractivity contribution >= 4 is 40.7 Å². The first kappa shape index (κ1) is 22.8. The first-order chi connectivity index (χ1) is 16.5. The maximum absolute atomic E-state index is 13.4. The van der Waals surface area contributed by atoms with Crippen LogP contribution >= 0.6 is 34.8 Å². The molecule has 9 nitrogen and oxygen atoms in total. The summed E-state index contributed by atoms with van der Waals surface area (Å²) in [6.45, 7) is 1.58. The van der Waals surface area contributed by atoms with E-state index in [1.54, 1.807) is 35.0 Å². The Hall–Kier alpha value is -2.98. The predicted molar refractivity (Wildman–Crippen MR) is 129 cm³/mol. The molecule has 4 aromatic rings. The lowest BCUT2D eigenvalue weighted by Crippen LogP contribution is -2.40. The molecular weight excluding hydrogens is 499 g/mol. The molecule has 0 saturated carbocycles. The number of amides is 1. The van der Waals surface area contributed by atoms with E-state index in [4.69, 9.17) is 39.9 Å². The van der Waals surface area contributed by atoms with Gasteiger partial charge in [-0.05, 0) is 43.2 Å². The summed E-state index contributed by atoms with van der Waals surface area (Å²) < 4.78 is 1.65. The molecule has 12 heteroatoms. The molecule has 1 saturated heterocycles. The number of hydrogen-bond acceptors (Lipinski definition) is 6. The Morgan fingerprint density at radius 3 is 2.44 bits per heavy atom. The first-order valence-electron chi connectivity index (χ1n) is 10.6. The Balaban J connectivity index is 1.71. The van der Waals surface area contributed by atoms with E-state index in [1.165, 1.54) is 0 Å². The van der Waals surface area contributed by atoms with Crippen LogP contribution in [0, 0.1) is 0 Å². The SMILES string of the molecule is O=C(NN1CCCC1)c1nn(-c2ccc(Cl)cc2Cl)c(-c2ccc(Cl)cc2)c1Cc1nn[nH]n1. The van der Waals surface area contributed by atoms with Gasteiger partial charge in [0.2, 0.25) is 0 Å². The average molecular weight is 518 g/mol. The van der Waals surface area contributed by atoms with Crippen molar-refractivity contribution in [3.63, 3.8) is 0 Å². The molecule has 0 bridgehead atoms. The Bertz CT molecular complexity index is 1310. The second-order valence-corrected chi connectivity index (χ2v) is 9.11. The van der Waals surface area contributed by atoms with Crippen molar-refractivity contribution in [2.24, 2.45) is 0 Å². The molecule has 3 heterocycles. The Kier molecular flexibility index (Phi) is 6.51. The maximum atomic E-state index is 13.4. The second kappa shape index (κ2) is 9.71. The van der Waals surface area contributed by atoms with E-state index in [1.807, 2.05) is 17.1 Å². The number of hydrazine groups is 1. The van der Waals surface area contributed by atoms with Crippen molar-refractivity contribution in [3.05, 3.63) is 74.6 Å². The Morgan fingerprint density at radius 2 is 1.76 bits per heavy atom. The highest BCUT2D eigenvalue weighted by molar-refractivity contribution is 6.35. The van der Waals surface area contributed by atoms with Crippen LogP contribution < -0.4 is 5.43 Å². The maximum Gasteiger partial charge on any atom is 0.286 e. The summed E-state index contributed by atoms with van der Waals surface area (Å²) in [6.07, 6.45) is 2.28. The van der Waals surface area contributed by atoms with Crippen LogP contribution in [-0.4, -0.2) is 54.4 Å². The van der Waals surface area contributed by atoms with Gasteiger partial charge in [0.1, 0.15) is 0 Å². The molecule has 34 heavy (non-hydrogen) atoms. The quantitative estimate of drug-likeness (QED) is 0.394. The molecule has 1 aliphatic heterocycles. The lowest BCUT2D eigenvalue weighted by molar-refractivity contribution is 0.0819. The van der Waals surface area contributed by atoms with E-state index in [-0.39, 0.29) is 18.0 Å². The van der Waals surface area contributed by atoms with Crippen LogP contribution in [0.5, 0.6) is 0 Å². The van der Waals surface area contributed by atoms with E-state index in [0.29, 0.717) is 37.8 Å². The number of nitrogens with zero attached hydrogens (tertiary/aromatic N) is 6. The largest absolute Gasteiger partial charge is 0.286 e. The standard InChI is InChI=1S/C22H19Cl3N8O/c23-14-5-3-13(4-6-14)21-16(12-19-26-30-31-27-19)20(22(34)29-32-9-1-2-10-32)28-33(21)18-8-7-15(24)11-17(18)25/h3-8,11H,1-2,9-10,12H2,(H,29,34)(H,26,27,30,31). The summed E-state index contributed by atoms with van der Waals surface area (Å²) in [5.41, 5.74) is 5.88. The van der Waals surface area contributed by atoms with Crippen molar-refractivity contribution in [1.82, 2.24) is 40.8 Å². The van der Waals surface area contributed by atoms with Gasteiger partial charge in [0.05, 0.1) is 16.4 Å². The highest BCUT2D eigenvalue weighted by atomic mass is 35.5. The minimum absolute atomic E-state index is 0.225. The fraction of sp³-hybridized carbons (Fsp3) is 0.227. The van der Waals surface area contributed by atoms with E-state index < -0.39 is 0 Å². The number of tetrazole rings is 1. The van der Waals surface area contributed by atoms with Gasteiger partial charge in [-0.2, -0.15) is 10.3 Å². The van der Waals surface area contributed by atoms with Crippen LogP contribution in [0.1, 0.15) is 34.7 Å². The van der Waals surface area contributed by atoms with Gasteiger partial charge in [0, 0.05) is 40.7 Å².